The zero-order chi connectivity index (χ0) is 16.2. The molecule has 2 N–H and O–H groups in total. The first-order chi connectivity index (χ1) is 9.77. The molecule has 0 saturated carbocycles. The first kappa shape index (κ1) is 17.1. The number of carbonyl (C=O) groups excluding carboxylic acids is 1. The Labute approximate surface area is 129 Å². The Morgan fingerprint density at radius 3 is 2.57 bits per heavy atom. The van der Waals surface area contributed by atoms with Crippen molar-refractivity contribution in [2.45, 2.75) is 26.3 Å². The number of carbonyl (C=O) groups is 2. The van der Waals surface area contributed by atoms with Crippen LogP contribution in [0, 0.1) is 16.0 Å². The summed E-state index contributed by atoms with van der Waals surface area (Å²) < 4.78 is 0.360. The number of halogens is 1. The van der Waals surface area contributed by atoms with E-state index >= 15 is 0 Å². The van der Waals surface area contributed by atoms with Gasteiger partial charge in [-0.1, -0.05) is 20.3 Å². The van der Waals surface area contributed by atoms with Crippen molar-refractivity contribution in [3.63, 3.8) is 0 Å². The van der Waals surface area contributed by atoms with Crippen LogP contribution in [0.5, 0.6) is 0 Å². The van der Waals surface area contributed by atoms with Crippen molar-refractivity contribution >= 4 is 33.5 Å². The molecule has 0 radical (unpaired) electrons. The number of carboxylic acids is 1. The monoisotopic (exact) mass is 358 g/mol. The fourth-order valence-corrected chi connectivity index (χ4v) is 2.13. The molecule has 21 heavy (non-hydrogen) atoms. The van der Waals surface area contributed by atoms with E-state index in [0.29, 0.717) is 10.9 Å². The Bertz CT molecular complexity index is 576. The predicted octanol–water partition coefficient (Wildman–Crippen LogP) is 2.59. The lowest BCUT2D eigenvalue weighted by molar-refractivity contribution is -0.384. The van der Waals surface area contributed by atoms with Crippen molar-refractivity contribution in [1.82, 2.24) is 5.32 Å². The standard InChI is InChI=1S/C13H15BrN2O5/c1-3-7(2)11(13(18)19)15-12(17)9-6-8(16(20)21)4-5-10(9)14/h4-7,11H,3H2,1-2H3,(H,15,17)(H,18,19)/t7-,11-/m0/s1. The average molecular weight is 359 g/mol. The highest BCUT2D eigenvalue weighted by molar-refractivity contribution is 9.10. The van der Waals surface area contributed by atoms with Gasteiger partial charge in [-0.15, -0.1) is 0 Å². The topological polar surface area (TPSA) is 110 Å². The van der Waals surface area contributed by atoms with Crippen LogP contribution in [0.15, 0.2) is 22.7 Å². The molecule has 0 bridgehead atoms. The molecular formula is C13H15BrN2O5. The number of amides is 1. The van der Waals surface area contributed by atoms with Crippen molar-refractivity contribution in [3.8, 4) is 0 Å². The fraction of sp³-hybridized carbons (Fsp3) is 0.385. The van der Waals surface area contributed by atoms with Gasteiger partial charge >= 0.3 is 5.97 Å². The van der Waals surface area contributed by atoms with Crippen LogP contribution in [0.4, 0.5) is 5.69 Å². The highest BCUT2D eigenvalue weighted by atomic mass is 79.9. The van der Waals surface area contributed by atoms with E-state index in [4.69, 9.17) is 5.11 Å². The van der Waals surface area contributed by atoms with Gasteiger partial charge in [0.15, 0.2) is 0 Å². The molecule has 2 atom stereocenters. The highest BCUT2D eigenvalue weighted by Gasteiger charge is 2.27. The maximum absolute atomic E-state index is 12.1. The molecule has 1 aromatic rings. The van der Waals surface area contributed by atoms with Gasteiger partial charge in [-0.25, -0.2) is 4.79 Å². The van der Waals surface area contributed by atoms with Crippen molar-refractivity contribution < 1.29 is 19.6 Å². The molecule has 7 nitrogen and oxygen atoms in total. The minimum atomic E-state index is -1.14. The number of aliphatic carboxylic acids is 1. The van der Waals surface area contributed by atoms with Gasteiger partial charge in [0.1, 0.15) is 6.04 Å². The van der Waals surface area contributed by atoms with Crippen LogP contribution in [0.1, 0.15) is 30.6 Å². The number of nitro groups is 1. The summed E-state index contributed by atoms with van der Waals surface area (Å²) in [7, 11) is 0. The number of nitro benzene ring substituents is 1. The summed E-state index contributed by atoms with van der Waals surface area (Å²) in [5, 5.41) is 22.3. The van der Waals surface area contributed by atoms with Crippen LogP contribution in [0.3, 0.4) is 0 Å². The van der Waals surface area contributed by atoms with Gasteiger partial charge in [-0.05, 0) is 27.9 Å². The Hall–Kier alpha value is -1.96. The molecule has 0 heterocycles. The minimum absolute atomic E-state index is 0.0266. The second kappa shape index (κ2) is 7.16. The van der Waals surface area contributed by atoms with Crippen LogP contribution >= 0.6 is 15.9 Å². The molecule has 0 aliphatic heterocycles. The first-order valence-corrected chi connectivity index (χ1v) is 7.04. The van der Waals surface area contributed by atoms with Gasteiger partial charge in [0.25, 0.3) is 11.6 Å². The minimum Gasteiger partial charge on any atom is -0.480 e. The van der Waals surface area contributed by atoms with E-state index in [2.05, 4.69) is 21.2 Å². The Kier molecular flexibility index (Phi) is 5.83. The number of rotatable bonds is 6. The van der Waals surface area contributed by atoms with Crippen molar-refractivity contribution in [3.05, 3.63) is 38.3 Å². The summed E-state index contributed by atoms with van der Waals surface area (Å²) in [6.45, 7) is 3.53. The lowest BCUT2D eigenvalue weighted by Gasteiger charge is -2.20. The van der Waals surface area contributed by atoms with Crippen LogP contribution < -0.4 is 5.32 Å². The molecule has 1 rings (SSSR count). The fourth-order valence-electron chi connectivity index (χ4n) is 1.70. The largest absolute Gasteiger partial charge is 0.480 e. The Morgan fingerprint density at radius 1 is 1.48 bits per heavy atom. The van der Waals surface area contributed by atoms with Crippen LogP contribution in [-0.4, -0.2) is 27.9 Å². The molecular weight excluding hydrogens is 344 g/mol. The van der Waals surface area contributed by atoms with Crippen LogP contribution in [0.2, 0.25) is 0 Å². The molecule has 0 unspecified atom stereocenters. The third-order valence-corrected chi connectivity index (χ3v) is 3.86. The maximum Gasteiger partial charge on any atom is 0.326 e. The molecule has 114 valence electrons. The number of hydrogen-bond acceptors (Lipinski definition) is 4. The first-order valence-electron chi connectivity index (χ1n) is 6.25. The number of benzene rings is 1. The maximum atomic E-state index is 12.1. The summed E-state index contributed by atoms with van der Waals surface area (Å²) in [4.78, 5) is 33.5. The normalized spacial score (nSPS) is 13.3. The highest BCUT2D eigenvalue weighted by Crippen LogP contribution is 2.23. The third kappa shape index (κ3) is 4.25. The molecule has 0 aliphatic rings. The van der Waals surface area contributed by atoms with E-state index in [0.717, 1.165) is 6.07 Å². The molecule has 0 aromatic heterocycles. The second-order valence-corrected chi connectivity index (χ2v) is 5.45. The summed E-state index contributed by atoms with van der Waals surface area (Å²) >= 11 is 3.13. The van der Waals surface area contributed by atoms with E-state index in [-0.39, 0.29) is 17.2 Å². The van der Waals surface area contributed by atoms with E-state index in [1.807, 2.05) is 6.92 Å². The quantitative estimate of drug-likeness (QED) is 0.599. The lowest BCUT2D eigenvalue weighted by Crippen LogP contribution is -2.45. The summed E-state index contributed by atoms with van der Waals surface area (Å²) in [6.07, 6.45) is 0.577. The molecule has 8 heteroatoms. The van der Waals surface area contributed by atoms with Crippen molar-refractivity contribution in [2.75, 3.05) is 0 Å². The van der Waals surface area contributed by atoms with E-state index in [1.54, 1.807) is 6.92 Å². The van der Waals surface area contributed by atoms with Crippen LogP contribution in [0.25, 0.3) is 0 Å². The number of non-ortho nitro benzene ring substituents is 1. The molecule has 0 fully saturated rings. The molecule has 0 aliphatic carbocycles. The van der Waals surface area contributed by atoms with Gasteiger partial charge < -0.3 is 10.4 Å². The number of hydrogen-bond donors (Lipinski definition) is 2. The van der Waals surface area contributed by atoms with Gasteiger partial charge in [0, 0.05) is 16.6 Å². The molecule has 1 amide bonds. The lowest BCUT2D eigenvalue weighted by atomic mass is 9.99. The third-order valence-electron chi connectivity index (χ3n) is 3.17. The van der Waals surface area contributed by atoms with Crippen molar-refractivity contribution in [2.24, 2.45) is 5.92 Å². The molecule has 1 aromatic carbocycles. The zero-order valence-corrected chi connectivity index (χ0v) is 13.1. The summed E-state index contributed by atoms with van der Waals surface area (Å²) in [5.41, 5.74) is -0.211. The number of nitrogens with zero attached hydrogens (tertiary/aromatic N) is 1. The molecule has 0 saturated heterocycles. The van der Waals surface area contributed by atoms with Gasteiger partial charge in [-0.3, -0.25) is 14.9 Å². The smallest absolute Gasteiger partial charge is 0.326 e. The Balaban J connectivity index is 3.05. The number of carboxylic acid groups (broad SMARTS) is 1. The second-order valence-electron chi connectivity index (χ2n) is 4.60. The van der Waals surface area contributed by atoms with Gasteiger partial charge in [-0.2, -0.15) is 0 Å². The Morgan fingerprint density at radius 2 is 2.10 bits per heavy atom. The van der Waals surface area contributed by atoms with Gasteiger partial charge in [0.2, 0.25) is 0 Å². The van der Waals surface area contributed by atoms with Crippen molar-refractivity contribution in [1.29, 1.82) is 0 Å². The van der Waals surface area contributed by atoms with Gasteiger partial charge in [0.05, 0.1) is 10.5 Å². The zero-order valence-electron chi connectivity index (χ0n) is 11.5. The van der Waals surface area contributed by atoms with E-state index in [1.165, 1.54) is 12.1 Å². The molecule has 0 spiro atoms. The predicted molar refractivity (Wildman–Crippen MR) is 79.1 cm³/mol. The summed E-state index contributed by atoms with van der Waals surface area (Å²) in [5.74, 6) is -2.07. The summed E-state index contributed by atoms with van der Waals surface area (Å²) in [6, 6.07) is 2.69. The SMILES string of the molecule is CC[C@H](C)[C@H](NC(=O)c1cc([N+](=O)[O-])ccc1Br)C(=O)O. The average Bonchev–Trinajstić information content (AvgIpc) is 2.43. The van der Waals surface area contributed by atoms with E-state index in [9.17, 15) is 19.7 Å². The van der Waals surface area contributed by atoms with Crippen LogP contribution in [-0.2, 0) is 4.79 Å². The number of nitrogens with one attached hydrogen (secondary N) is 1. The van der Waals surface area contributed by atoms with E-state index < -0.39 is 22.8 Å².